The third kappa shape index (κ3) is 5.07. The van der Waals surface area contributed by atoms with Gasteiger partial charge in [-0.1, -0.05) is 37.9 Å². The standard InChI is InChI=1S/C21H30N4O2S/c1-4-15(2)22-19(26)14-28-21-24-23-20(16-10-12-18(27-3)13-11-16)25(21)17-8-6-5-7-9-17/h10-13,15,17H,4-9,14H2,1-3H3,(H,22,26)/t15-/m1/s1. The van der Waals surface area contributed by atoms with Crippen molar-refractivity contribution in [2.24, 2.45) is 0 Å². The van der Waals surface area contributed by atoms with Crippen LogP contribution in [0.2, 0.25) is 0 Å². The number of aromatic nitrogens is 3. The zero-order valence-electron chi connectivity index (χ0n) is 17.0. The van der Waals surface area contributed by atoms with E-state index in [2.05, 4.69) is 27.0 Å². The number of hydrogen-bond acceptors (Lipinski definition) is 5. The lowest BCUT2D eigenvalue weighted by Crippen LogP contribution is -2.33. The molecule has 152 valence electrons. The molecule has 1 aromatic carbocycles. The van der Waals surface area contributed by atoms with E-state index < -0.39 is 0 Å². The molecule has 0 radical (unpaired) electrons. The van der Waals surface area contributed by atoms with Crippen LogP contribution >= 0.6 is 11.8 Å². The lowest BCUT2D eigenvalue weighted by atomic mass is 9.95. The van der Waals surface area contributed by atoms with Gasteiger partial charge < -0.3 is 10.1 Å². The molecule has 1 aliphatic rings. The van der Waals surface area contributed by atoms with Crippen molar-refractivity contribution >= 4 is 17.7 Å². The molecule has 0 spiro atoms. The molecule has 2 aromatic rings. The Bertz CT molecular complexity index is 769. The van der Waals surface area contributed by atoms with Crippen molar-refractivity contribution in [3.8, 4) is 17.1 Å². The normalized spacial score (nSPS) is 16.0. The van der Waals surface area contributed by atoms with Crippen molar-refractivity contribution in [2.45, 2.75) is 69.6 Å². The molecule has 1 atom stereocenters. The summed E-state index contributed by atoms with van der Waals surface area (Å²) >= 11 is 1.48. The average molecular weight is 403 g/mol. The molecule has 6 nitrogen and oxygen atoms in total. The SMILES string of the molecule is CC[C@@H](C)NC(=O)CSc1nnc(-c2ccc(OC)cc2)n1C1CCCCC1. The molecule has 1 amide bonds. The highest BCUT2D eigenvalue weighted by atomic mass is 32.2. The molecule has 1 aromatic heterocycles. The Labute approximate surface area is 171 Å². The number of nitrogens with zero attached hydrogens (tertiary/aromatic N) is 3. The number of carbonyl (C=O) groups excluding carboxylic acids is 1. The van der Waals surface area contributed by atoms with Crippen molar-refractivity contribution in [1.29, 1.82) is 0 Å². The minimum absolute atomic E-state index is 0.0449. The number of ether oxygens (including phenoxy) is 1. The van der Waals surface area contributed by atoms with Gasteiger partial charge in [0.15, 0.2) is 11.0 Å². The lowest BCUT2D eigenvalue weighted by Gasteiger charge is -2.25. The monoisotopic (exact) mass is 402 g/mol. The van der Waals surface area contributed by atoms with Gasteiger partial charge >= 0.3 is 0 Å². The Hall–Kier alpha value is -2.02. The Morgan fingerprint density at radius 1 is 1.25 bits per heavy atom. The molecule has 0 unspecified atom stereocenters. The number of hydrogen-bond donors (Lipinski definition) is 1. The number of benzene rings is 1. The topological polar surface area (TPSA) is 69.0 Å². The van der Waals surface area contributed by atoms with Gasteiger partial charge in [-0.05, 0) is 50.5 Å². The van der Waals surface area contributed by atoms with Crippen molar-refractivity contribution in [1.82, 2.24) is 20.1 Å². The molecule has 28 heavy (non-hydrogen) atoms. The van der Waals surface area contributed by atoms with Gasteiger partial charge in [0.1, 0.15) is 5.75 Å². The molecule has 7 heteroatoms. The van der Waals surface area contributed by atoms with E-state index in [4.69, 9.17) is 4.74 Å². The molecule has 0 saturated heterocycles. The van der Waals surface area contributed by atoms with E-state index in [0.717, 1.165) is 41.6 Å². The van der Waals surface area contributed by atoms with Gasteiger partial charge in [0.25, 0.3) is 0 Å². The fourth-order valence-corrected chi connectivity index (χ4v) is 4.35. The van der Waals surface area contributed by atoms with Crippen LogP contribution in [0.5, 0.6) is 5.75 Å². The molecular weight excluding hydrogens is 372 g/mol. The van der Waals surface area contributed by atoms with Crippen LogP contribution in [0.15, 0.2) is 29.4 Å². The van der Waals surface area contributed by atoms with E-state index >= 15 is 0 Å². The number of rotatable bonds is 8. The second-order valence-electron chi connectivity index (χ2n) is 7.36. The van der Waals surface area contributed by atoms with Crippen LogP contribution < -0.4 is 10.1 Å². The second-order valence-corrected chi connectivity index (χ2v) is 8.30. The number of thioether (sulfide) groups is 1. The first-order chi connectivity index (χ1) is 13.6. The number of carbonyl (C=O) groups is 1. The van der Waals surface area contributed by atoms with Crippen LogP contribution in [0.3, 0.4) is 0 Å². The van der Waals surface area contributed by atoms with Gasteiger partial charge in [-0.2, -0.15) is 0 Å². The Morgan fingerprint density at radius 3 is 2.61 bits per heavy atom. The summed E-state index contributed by atoms with van der Waals surface area (Å²) in [7, 11) is 1.67. The van der Waals surface area contributed by atoms with Gasteiger partial charge in [0.05, 0.1) is 12.9 Å². The van der Waals surface area contributed by atoms with Crippen LogP contribution in [0.25, 0.3) is 11.4 Å². The van der Waals surface area contributed by atoms with E-state index in [9.17, 15) is 4.79 Å². The third-order valence-corrected chi connectivity index (χ3v) is 6.25. The minimum Gasteiger partial charge on any atom is -0.497 e. The quantitative estimate of drug-likeness (QED) is 0.660. The zero-order valence-corrected chi connectivity index (χ0v) is 17.8. The summed E-state index contributed by atoms with van der Waals surface area (Å²) in [6.45, 7) is 4.09. The largest absolute Gasteiger partial charge is 0.497 e. The maximum Gasteiger partial charge on any atom is 0.230 e. The maximum absolute atomic E-state index is 12.2. The van der Waals surface area contributed by atoms with Crippen LogP contribution in [0.1, 0.15) is 58.4 Å². The van der Waals surface area contributed by atoms with Crippen molar-refractivity contribution in [2.75, 3.05) is 12.9 Å². The predicted molar refractivity (Wildman–Crippen MR) is 113 cm³/mol. The fraction of sp³-hybridized carbons (Fsp3) is 0.571. The predicted octanol–water partition coefficient (Wildman–Crippen LogP) is 4.47. The van der Waals surface area contributed by atoms with Gasteiger partial charge in [0, 0.05) is 17.6 Å². The highest BCUT2D eigenvalue weighted by molar-refractivity contribution is 7.99. The van der Waals surface area contributed by atoms with E-state index in [1.54, 1.807) is 7.11 Å². The van der Waals surface area contributed by atoms with E-state index in [-0.39, 0.29) is 11.9 Å². The fourth-order valence-electron chi connectivity index (χ4n) is 3.53. The van der Waals surface area contributed by atoms with Crippen LogP contribution in [-0.4, -0.2) is 39.6 Å². The summed E-state index contributed by atoms with van der Waals surface area (Å²) in [6.07, 6.45) is 6.93. The highest BCUT2D eigenvalue weighted by Gasteiger charge is 2.24. The lowest BCUT2D eigenvalue weighted by molar-refractivity contribution is -0.119. The molecule has 1 fully saturated rings. The smallest absolute Gasteiger partial charge is 0.230 e. The average Bonchev–Trinajstić information content (AvgIpc) is 3.16. The van der Waals surface area contributed by atoms with Crippen molar-refractivity contribution in [3.05, 3.63) is 24.3 Å². The van der Waals surface area contributed by atoms with Crippen molar-refractivity contribution in [3.63, 3.8) is 0 Å². The van der Waals surface area contributed by atoms with E-state index in [1.165, 1.54) is 31.0 Å². The molecule has 1 heterocycles. The summed E-state index contributed by atoms with van der Waals surface area (Å²) in [5, 5.41) is 12.8. The van der Waals surface area contributed by atoms with E-state index in [1.807, 2.05) is 31.2 Å². The Kier molecular flexibility index (Phi) is 7.36. The first-order valence-corrected chi connectivity index (χ1v) is 11.1. The second kappa shape index (κ2) is 9.96. The number of methoxy groups -OCH3 is 1. The summed E-state index contributed by atoms with van der Waals surface area (Å²) in [5.41, 5.74) is 1.02. The zero-order chi connectivity index (χ0) is 19.9. The van der Waals surface area contributed by atoms with Gasteiger partial charge in [-0.15, -0.1) is 10.2 Å². The molecule has 0 bridgehead atoms. The third-order valence-electron chi connectivity index (χ3n) is 5.30. The first-order valence-electron chi connectivity index (χ1n) is 10.1. The number of nitrogens with one attached hydrogen (secondary N) is 1. The molecule has 3 rings (SSSR count). The summed E-state index contributed by atoms with van der Waals surface area (Å²) in [4.78, 5) is 12.2. The van der Waals surface area contributed by atoms with Gasteiger partial charge in [-0.3, -0.25) is 9.36 Å². The van der Waals surface area contributed by atoms with Crippen LogP contribution in [0.4, 0.5) is 0 Å². The van der Waals surface area contributed by atoms with Gasteiger partial charge in [0.2, 0.25) is 5.91 Å². The molecule has 1 aliphatic carbocycles. The maximum atomic E-state index is 12.2. The van der Waals surface area contributed by atoms with Gasteiger partial charge in [-0.25, -0.2) is 0 Å². The Balaban J connectivity index is 1.83. The van der Waals surface area contributed by atoms with Crippen LogP contribution in [-0.2, 0) is 4.79 Å². The summed E-state index contributed by atoms with van der Waals surface area (Å²) < 4.78 is 7.52. The van der Waals surface area contributed by atoms with E-state index in [0.29, 0.717) is 11.8 Å². The van der Waals surface area contributed by atoms with Crippen molar-refractivity contribution < 1.29 is 9.53 Å². The molecular formula is C21H30N4O2S. The highest BCUT2D eigenvalue weighted by Crippen LogP contribution is 2.35. The molecule has 1 saturated carbocycles. The summed E-state index contributed by atoms with van der Waals surface area (Å²) in [5.74, 6) is 2.10. The molecule has 1 N–H and O–H groups in total. The number of amides is 1. The van der Waals surface area contributed by atoms with Crippen LogP contribution in [0, 0.1) is 0 Å². The Morgan fingerprint density at radius 2 is 1.96 bits per heavy atom. The first kappa shape index (κ1) is 20.7. The summed E-state index contributed by atoms with van der Waals surface area (Å²) in [6, 6.07) is 8.52. The minimum atomic E-state index is 0.0449. The molecule has 0 aliphatic heterocycles.